The number of carbonyl (C=O) groups excluding carboxylic acids is 4. The Kier molecular flexibility index (Phi) is 12.8. The average Bonchev–Trinajstić information content (AvgIpc) is 2.65. The number of hydrogen-bond acceptors (Lipinski definition) is 7. The molecule has 4 atom stereocenters. The lowest BCUT2D eigenvalue weighted by Crippen LogP contribution is -2.58. The minimum absolute atomic E-state index is 0.0812. The Bertz CT molecular complexity index is 658. The molecular weight excluding hydrogens is 426 g/mol. The van der Waals surface area contributed by atoms with Gasteiger partial charge in [0.15, 0.2) is 0 Å². The number of hydrogen-bond donors (Lipinski definition) is 7. The summed E-state index contributed by atoms with van der Waals surface area (Å²) in [7, 11) is 0. The van der Waals surface area contributed by atoms with Crippen molar-refractivity contribution in [3.8, 4) is 0 Å². The minimum Gasteiger partial charge on any atom is -0.480 e. The number of rotatable bonds is 14. The van der Waals surface area contributed by atoms with Crippen LogP contribution in [0.1, 0.15) is 47.0 Å². The number of carbonyl (C=O) groups is 5. The van der Waals surface area contributed by atoms with Gasteiger partial charge in [-0.25, -0.2) is 4.79 Å². The fourth-order valence-corrected chi connectivity index (χ4v) is 2.93. The van der Waals surface area contributed by atoms with Crippen LogP contribution in [-0.4, -0.2) is 64.6 Å². The summed E-state index contributed by atoms with van der Waals surface area (Å²) in [4.78, 5) is 60.0. The van der Waals surface area contributed by atoms with Gasteiger partial charge in [0.2, 0.25) is 23.6 Å². The molecule has 31 heavy (non-hydrogen) atoms. The van der Waals surface area contributed by atoms with E-state index in [1.54, 1.807) is 13.8 Å². The van der Waals surface area contributed by atoms with Crippen LogP contribution in [0.15, 0.2) is 0 Å². The highest BCUT2D eigenvalue weighted by Crippen LogP contribution is 2.07. The van der Waals surface area contributed by atoms with Crippen molar-refractivity contribution in [1.29, 1.82) is 0 Å². The first-order chi connectivity index (χ1) is 14.3. The second kappa shape index (κ2) is 13.9. The van der Waals surface area contributed by atoms with E-state index < -0.39 is 59.7 Å². The summed E-state index contributed by atoms with van der Waals surface area (Å²) < 4.78 is 0. The number of amides is 4. The zero-order valence-electron chi connectivity index (χ0n) is 18.4. The first kappa shape index (κ1) is 28.7. The van der Waals surface area contributed by atoms with Gasteiger partial charge in [0.1, 0.15) is 18.1 Å². The lowest BCUT2D eigenvalue weighted by atomic mass is 10.0. The van der Waals surface area contributed by atoms with Crippen molar-refractivity contribution in [3.05, 3.63) is 0 Å². The quantitative estimate of drug-likeness (QED) is 0.157. The van der Waals surface area contributed by atoms with Crippen molar-refractivity contribution in [3.63, 3.8) is 0 Å². The van der Waals surface area contributed by atoms with Crippen LogP contribution in [0.4, 0.5) is 0 Å². The van der Waals surface area contributed by atoms with Crippen molar-refractivity contribution in [2.45, 2.75) is 71.1 Å². The van der Waals surface area contributed by atoms with Gasteiger partial charge in [-0.05, 0) is 24.7 Å². The first-order valence-corrected chi connectivity index (χ1v) is 10.7. The summed E-state index contributed by atoms with van der Waals surface area (Å²) in [5.41, 5.74) is 11.0. The molecule has 178 valence electrons. The fourth-order valence-electron chi connectivity index (χ4n) is 2.68. The molecule has 0 aromatic carbocycles. The third kappa shape index (κ3) is 11.0. The molecule has 0 radical (unpaired) electrons. The van der Waals surface area contributed by atoms with Crippen LogP contribution in [0.25, 0.3) is 0 Å². The third-order valence-corrected chi connectivity index (χ3v) is 4.78. The average molecular weight is 462 g/mol. The summed E-state index contributed by atoms with van der Waals surface area (Å²) in [5.74, 6) is -4.28. The molecule has 4 amide bonds. The third-order valence-electron chi connectivity index (χ3n) is 4.42. The van der Waals surface area contributed by atoms with Crippen LogP contribution in [0, 0.1) is 11.8 Å². The molecule has 0 heterocycles. The van der Waals surface area contributed by atoms with Crippen molar-refractivity contribution in [2.75, 3.05) is 5.75 Å². The molecule has 0 aliphatic heterocycles. The van der Waals surface area contributed by atoms with E-state index in [1.807, 2.05) is 13.8 Å². The van der Waals surface area contributed by atoms with Gasteiger partial charge in [0.05, 0.1) is 6.04 Å². The molecule has 0 spiro atoms. The Morgan fingerprint density at radius 3 is 1.87 bits per heavy atom. The second-order valence-electron chi connectivity index (χ2n) is 8.11. The maximum atomic E-state index is 12.8. The van der Waals surface area contributed by atoms with Gasteiger partial charge >= 0.3 is 5.97 Å². The lowest BCUT2D eigenvalue weighted by Gasteiger charge is -2.27. The predicted molar refractivity (Wildman–Crippen MR) is 118 cm³/mol. The number of aliphatic carboxylic acids is 1. The molecule has 0 saturated carbocycles. The van der Waals surface area contributed by atoms with Crippen molar-refractivity contribution < 1.29 is 29.1 Å². The van der Waals surface area contributed by atoms with Crippen LogP contribution in [0.3, 0.4) is 0 Å². The number of primary amides is 1. The summed E-state index contributed by atoms with van der Waals surface area (Å²) in [6, 6.07) is -4.30. The highest BCUT2D eigenvalue weighted by atomic mass is 32.1. The largest absolute Gasteiger partial charge is 0.480 e. The van der Waals surface area contributed by atoms with Gasteiger partial charge in [-0.15, -0.1) is 0 Å². The van der Waals surface area contributed by atoms with E-state index in [0.717, 1.165) is 0 Å². The molecule has 0 aliphatic rings. The Hall–Kier alpha value is -2.34. The molecule has 8 N–H and O–H groups in total. The maximum absolute atomic E-state index is 12.8. The smallest absolute Gasteiger partial charge is 0.327 e. The summed E-state index contributed by atoms with van der Waals surface area (Å²) >= 11 is 3.89. The Balaban J connectivity index is 5.40. The number of nitrogens with one attached hydrogen (secondary N) is 3. The van der Waals surface area contributed by atoms with Crippen molar-refractivity contribution in [1.82, 2.24) is 16.0 Å². The monoisotopic (exact) mass is 461 g/mol. The molecule has 4 unspecified atom stereocenters. The molecule has 11 nitrogen and oxygen atoms in total. The van der Waals surface area contributed by atoms with E-state index in [-0.39, 0.29) is 24.5 Å². The molecule has 0 aliphatic carbocycles. The van der Waals surface area contributed by atoms with E-state index in [0.29, 0.717) is 6.42 Å². The molecular formula is C19H35N5O6S. The van der Waals surface area contributed by atoms with E-state index in [1.165, 1.54) is 0 Å². The highest BCUT2D eigenvalue weighted by Gasteiger charge is 2.31. The zero-order valence-corrected chi connectivity index (χ0v) is 19.3. The van der Waals surface area contributed by atoms with Gasteiger partial charge < -0.3 is 32.5 Å². The van der Waals surface area contributed by atoms with Crippen LogP contribution in [0.5, 0.6) is 0 Å². The van der Waals surface area contributed by atoms with Gasteiger partial charge in [0, 0.05) is 12.2 Å². The van der Waals surface area contributed by atoms with Gasteiger partial charge in [0.25, 0.3) is 0 Å². The second-order valence-corrected chi connectivity index (χ2v) is 8.48. The van der Waals surface area contributed by atoms with Gasteiger partial charge in [-0.3, -0.25) is 19.2 Å². The van der Waals surface area contributed by atoms with E-state index >= 15 is 0 Å². The van der Waals surface area contributed by atoms with Gasteiger partial charge in [-0.2, -0.15) is 12.6 Å². The van der Waals surface area contributed by atoms with Crippen molar-refractivity contribution in [2.24, 2.45) is 23.3 Å². The molecule has 0 aromatic heterocycles. The number of nitrogens with two attached hydrogens (primary N) is 2. The number of thiol groups is 1. The molecule has 0 bridgehead atoms. The Morgan fingerprint density at radius 1 is 0.903 bits per heavy atom. The minimum atomic E-state index is -1.26. The molecule has 0 fully saturated rings. The molecule has 0 aromatic rings. The van der Waals surface area contributed by atoms with E-state index in [2.05, 4.69) is 28.6 Å². The number of carboxylic acid groups (broad SMARTS) is 1. The topological polar surface area (TPSA) is 194 Å². The lowest BCUT2D eigenvalue weighted by molar-refractivity contribution is -0.142. The summed E-state index contributed by atoms with van der Waals surface area (Å²) in [6.45, 7) is 7.12. The van der Waals surface area contributed by atoms with Gasteiger partial charge in [-0.1, -0.05) is 27.7 Å². The van der Waals surface area contributed by atoms with E-state index in [9.17, 15) is 24.0 Å². The first-order valence-electron chi connectivity index (χ1n) is 10.1. The predicted octanol–water partition coefficient (Wildman–Crippen LogP) is -1.25. The molecule has 0 saturated heterocycles. The van der Waals surface area contributed by atoms with Crippen LogP contribution >= 0.6 is 12.6 Å². The standard InChI is InChI=1S/C19H35N5O6S/c1-9(2)7-11(20)16(26)22-12(5-6-14(21)25)17(27)24-15(10(3)4)18(28)23-13(8-31)19(29)30/h9-13,15,31H,5-8,20H2,1-4H3,(H2,21,25)(H,22,26)(H,23,28)(H,24,27)(H,29,30). The van der Waals surface area contributed by atoms with Crippen LogP contribution in [-0.2, 0) is 24.0 Å². The van der Waals surface area contributed by atoms with E-state index in [4.69, 9.17) is 16.6 Å². The van der Waals surface area contributed by atoms with Crippen LogP contribution < -0.4 is 27.4 Å². The Morgan fingerprint density at radius 2 is 1.45 bits per heavy atom. The zero-order chi connectivity index (χ0) is 24.3. The number of carboxylic acids is 1. The fraction of sp³-hybridized carbons (Fsp3) is 0.737. The molecule has 0 rings (SSSR count). The SMILES string of the molecule is CC(C)CC(N)C(=O)NC(CCC(N)=O)C(=O)NC(C(=O)NC(CS)C(=O)O)C(C)C. The normalized spacial score (nSPS) is 15.0. The maximum Gasteiger partial charge on any atom is 0.327 e. The molecule has 12 heteroatoms. The summed E-state index contributed by atoms with van der Waals surface area (Å²) in [6.07, 6.45) is 0.145. The highest BCUT2D eigenvalue weighted by molar-refractivity contribution is 7.80. The Labute approximate surface area is 187 Å². The van der Waals surface area contributed by atoms with Crippen molar-refractivity contribution >= 4 is 42.2 Å². The van der Waals surface area contributed by atoms with Crippen LogP contribution in [0.2, 0.25) is 0 Å². The summed E-state index contributed by atoms with van der Waals surface area (Å²) in [5, 5.41) is 16.4.